The van der Waals surface area contributed by atoms with Gasteiger partial charge in [-0.1, -0.05) is 13.8 Å². The third-order valence-corrected chi connectivity index (χ3v) is 2.99. The smallest absolute Gasteiger partial charge is 0.169 e. The highest BCUT2D eigenvalue weighted by molar-refractivity contribution is 4.79. The summed E-state index contributed by atoms with van der Waals surface area (Å²) in [6, 6.07) is 0. The molecule has 1 heterocycles. The molecule has 0 atom stereocenters. The van der Waals surface area contributed by atoms with E-state index in [1.54, 1.807) is 14.2 Å². The Morgan fingerprint density at radius 3 is 2.00 bits per heavy atom. The summed E-state index contributed by atoms with van der Waals surface area (Å²) in [6.45, 7) is 7.87. The molecule has 0 aromatic heterocycles. The molecule has 1 aliphatic heterocycles. The fourth-order valence-electron chi connectivity index (χ4n) is 2.08. The lowest BCUT2D eigenvalue weighted by molar-refractivity contribution is -0.229. The van der Waals surface area contributed by atoms with E-state index in [0.29, 0.717) is 0 Å². The minimum absolute atomic E-state index is 0.312. The molecule has 1 rings (SSSR count). The second kappa shape index (κ2) is 5.10. The van der Waals surface area contributed by atoms with Gasteiger partial charge in [-0.05, 0) is 5.92 Å². The number of piperidine rings is 1. The fraction of sp³-hybridized carbons (Fsp3) is 1.00. The summed E-state index contributed by atoms with van der Waals surface area (Å²) in [4.78, 5) is 2.49. The van der Waals surface area contributed by atoms with Crippen molar-refractivity contribution < 1.29 is 9.47 Å². The SMILES string of the molecule is COC1(OC)CCN(CC(C)C)CC1. The molecule has 0 bridgehead atoms. The molecule has 0 aromatic carbocycles. The third kappa shape index (κ3) is 2.94. The van der Waals surface area contributed by atoms with E-state index in [1.165, 1.54) is 6.54 Å². The van der Waals surface area contributed by atoms with Gasteiger partial charge in [0.1, 0.15) is 0 Å². The zero-order valence-corrected chi connectivity index (χ0v) is 9.88. The summed E-state index contributed by atoms with van der Waals surface area (Å²) in [5, 5.41) is 0. The molecule has 1 aliphatic rings. The van der Waals surface area contributed by atoms with Crippen molar-refractivity contribution in [3.8, 4) is 0 Å². The Hall–Kier alpha value is -0.120. The van der Waals surface area contributed by atoms with Gasteiger partial charge in [0.2, 0.25) is 0 Å². The number of likely N-dealkylation sites (tertiary alicyclic amines) is 1. The van der Waals surface area contributed by atoms with Gasteiger partial charge in [0, 0.05) is 46.7 Å². The number of ether oxygens (including phenoxy) is 2. The highest BCUT2D eigenvalue weighted by atomic mass is 16.7. The van der Waals surface area contributed by atoms with Crippen molar-refractivity contribution in [1.29, 1.82) is 0 Å². The van der Waals surface area contributed by atoms with E-state index in [1.807, 2.05) is 0 Å². The number of rotatable bonds is 4. The van der Waals surface area contributed by atoms with Crippen LogP contribution in [0.15, 0.2) is 0 Å². The summed E-state index contributed by atoms with van der Waals surface area (Å²) in [6.07, 6.45) is 1.96. The lowest BCUT2D eigenvalue weighted by Crippen LogP contribution is -2.47. The van der Waals surface area contributed by atoms with Crippen LogP contribution in [0.3, 0.4) is 0 Å². The first-order chi connectivity index (χ1) is 6.62. The molecule has 0 aliphatic carbocycles. The quantitative estimate of drug-likeness (QED) is 0.647. The average Bonchev–Trinajstić information content (AvgIpc) is 2.19. The Morgan fingerprint density at radius 2 is 1.64 bits per heavy atom. The van der Waals surface area contributed by atoms with Crippen molar-refractivity contribution in [2.45, 2.75) is 32.5 Å². The van der Waals surface area contributed by atoms with E-state index in [2.05, 4.69) is 18.7 Å². The lowest BCUT2D eigenvalue weighted by atomic mass is 10.0. The first-order valence-electron chi connectivity index (χ1n) is 5.44. The van der Waals surface area contributed by atoms with Gasteiger partial charge in [0.15, 0.2) is 5.79 Å². The fourth-order valence-corrected chi connectivity index (χ4v) is 2.08. The van der Waals surface area contributed by atoms with Crippen LogP contribution in [0.1, 0.15) is 26.7 Å². The first-order valence-corrected chi connectivity index (χ1v) is 5.44. The number of hydrogen-bond donors (Lipinski definition) is 0. The van der Waals surface area contributed by atoms with E-state index in [9.17, 15) is 0 Å². The van der Waals surface area contributed by atoms with Crippen LogP contribution < -0.4 is 0 Å². The van der Waals surface area contributed by atoms with Crippen molar-refractivity contribution in [1.82, 2.24) is 4.90 Å². The Balaban J connectivity index is 2.37. The van der Waals surface area contributed by atoms with Crippen molar-refractivity contribution in [3.63, 3.8) is 0 Å². The van der Waals surface area contributed by atoms with Crippen LogP contribution in [0.2, 0.25) is 0 Å². The molecule has 1 saturated heterocycles. The van der Waals surface area contributed by atoms with E-state index < -0.39 is 0 Å². The molecule has 3 heteroatoms. The molecule has 84 valence electrons. The lowest BCUT2D eigenvalue weighted by Gasteiger charge is -2.40. The monoisotopic (exact) mass is 201 g/mol. The highest BCUT2D eigenvalue weighted by Crippen LogP contribution is 2.26. The maximum Gasteiger partial charge on any atom is 0.169 e. The van der Waals surface area contributed by atoms with Crippen LogP contribution in [0.25, 0.3) is 0 Å². The molecule has 14 heavy (non-hydrogen) atoms. The molecule has 0 radical (unpaired) electrons. The van der Waals surface area contributed by atoms with Gasteiger partial charge >= 0.3 is 0 Å². The van der Waals surface area contributed by atoms with Gasteiger partial charge < -0.3 is 14.4 Å². The minimum atomic E-state index is -0.312. The molecular weight excluding hydrogens is 178 g/mol. The van der Waals surface area contributed by atoms with E-state index in [-0.39, 0.29) is 5.79 Å². The number of nitrogens with zero attached hydrogens (tertiary/aromatic N) is 1. The summed E-state index contributed by atoms with van der Waals surface area (Å²) >= 11 is 0. The number of hydrogen-bond acceptors (Lipinski definition) is 3. The molecule has 0 N–H and O–H groups in total. The molecule has 0 spiro atoms. The largest absolute Gasteiger partial charge is 0.353 e. The topological polar surface area (TPSA) is 21.7 Å². The maximum atomic E-state index is 5.43. The summed E-state index contributed by atoms with van der Waals surface area (Å²) in [7, 11) is 3.48. The molecule has 1 fully saturated rings. The predicted molar refractivity (Wildman–Crippen MR) is 57.3 cm³/mol. The van der Waals surface area contributed by atoms with Crippen LogP contribution >= 0.6 is 0 Å². The van der Waals surface area contributed by atoms with Crippen LogP contribution in [0, 0.1) is 5.92 Å². The van der Waals surface area contributed by atoms with Gasteiger partial charge in [-0.3, -0.25) is 0 Å². The minimum Gasteiger partial charge on any atom is -0.353 e. The highest BCUT2D eigenvalue weighted by Gasteiger charge is 2.34. The van der Waals surface area contributed by atoms with Crippen molar-refractivity contribution >= 4 is 0 Å². The van der Waals surface area contributed by atoms with Crippen LogP contribution in [-0.4, -0.2) is 44.5 Å². The van der Waals surface area contributed by atoms with E-state index in [4.69, 9.17) is 9.47 Å². The standard InChI is InChI=1S/C11H23NO2/c1-10(2)9-12-7-5-11(13-3,14-4)6-8-12/h10H,5-9H2,1-4H3. The van der Waals surface area contributed by atoms with Crippen molar-refractivity contribution in [2.75, 3.05) is 33.9 Å². The molecule has 3 nitrogen and oxygen atoms in total. The van der Waals surface area contributed by atoms with E-state index >= 15 is 0 Å². The molecule has 0 saturated carbocycles. The van der Waals surface area contributed by atoms with Gasteiger partial charge in [-0.15, -0.1) is 0 Å². The summed E-state index contributed by atoms with van der Waals surface area (Å²) in [5.41, 5.74) is 0. The molecule has 0 unspecified atom stereocenters. The van der Waals surface area contributed by atoms with Crippen LogP contribution in [0.4, 0.5) is 0 Å². The summed E-state index contributed by atoms with van der Waals surface area (Å²) in [5.74, 6) is 0.431. The predicted octanol–water partition coefficient (Wildman–Crippen LogP) is 1.73. The van der Waals surface area contributed by atoms with Gasteiger partial charge in [0.25, 0.3) is 0 Å². The maximum absolute atomic E-state index is 5.43. The third-order valence-electron chi connectivity index (χ3n) is 2.99. The molecular formula is C11H23NO2. The molecule has 0 amide bonds. The van der Waals surface area contributed by atoms with Crippen molar-refractivity contribution in [2.24, 2.45) is 5.92 Å². The Morgan fingerprint density at radius 1 is 1.14 bits per heavy atom. The van der Waals surface area contributed by atoms with Crippen LogP contribution in [0.5, 0.6) is 0 Å². The zero-order valence-electron chi connectivity index (χ0n) is 9.88. The molecule has 0 aromatic rings. The zero-order chi connectivity index (χ0) is 10.6. The average molecular weight is 201 g/mol. The van der Waals surface area contributed by atoms with E-state index in [0.717, 1.165) is 31.8 Å². The second-order valence-corrected chi connectivity index (χ2v) is 4.51. The van der Waals surface area contributed by atoms with Crippen LogP contribution in [-0.2, 0) is 9.47 Å². The normalized spacial score (nSPS) is 22.9. The Labute approximate surface area is 87.4 Å². The summed E-state index contributed by atoms with van der Waals surface area (Å²) < 4.78 is 10.9. The first kappa shape index (κ1) is 12.0. The van der Waals surface area contributed by atoms with Gasteiger partial charge in [-0.25, -0.2) is 0 Å². The van der Waals surface area contributed by atoms with Gasteiger partial charge in [-0.2, -0.15) is 0 Å². The second-order valence-electron chi connectivity index (χ2n) is 4.51. The number of methoxy groups -OCH3 is 2. The van der Waals surface area contributed by atoms with Crippen molar-refractivity contribution in [3.05, 3.63) is 0 Å². The van der Waals surface area contributed by atoms with Gasteiger partial charge in [0.05, 0.1) is 0 Å². The Bertz CT molecular complexity index is 157. The Kier molecular flexibility index (Phi) is 4.35.